The molecule has 82 valence electrons. The summed E-state index contributed by atoms with van der Waals surface area (Å²) in [5, 5.41) is 3.21. The molecule has 1 atom stereocenters. The minimum atomic E-state index is -0.0612. The van der Waals surface area contributed by atoms with Crippen LogP contribution < -0.4 is 10.1 Å². The van der Waals surface area contributed by atoms with Crippen LogP contribution in [-0.4, -0.2) is 41.4 Å². The van der Waals surface area contributed by atoms with Crippen molar-refractivity contribution >= 4 is 29.1 Å². The van der Waals surface area contributed by atoms with Gasteiger partial charge in [0.05, 0.1) is 18.0 Å². The highest BCUT2D eigenvalue weighted by Crippen LogP contribution is 2.20. The molecule has 1 N–H and O–H groups in total. The van der Waals surface area contributed by atoms with Crippen molar-refractivity contribution in [3.8, 4) is 5.88 Å². The molecular formula is C9H12N2O2S2. The number of nitrogens with one attached hydrogen (secondary N) is 1. The maximum absolute atomic E-state index is 12.0. The Morgan fingerprint density at radius 3 is 3.20 bits per heavy atom. The second kappa shape index (κ2) is 4.96. The first-order valence-corrected chi connectivity index (χ1v) is 6.60. The number of rotatable bonds is 3. The minimum absolute atomic E-state index is 0.0612. The lowest BCUT2D eigenvalue weighted by atomic mass is 10.2. The molecule has 1 saturated heterocycles. The van der Waals surface area contributed by atoms with Crippen molar-refractivity contribution in [1.82, 2.24) is 9.69 Å². The molecule has 2 rings (SSSR count). The normalized spacial score (nSPS) is 21.3. The Morgan fingerprint density at radius 2 is 2.60 bits per heavy atom. The predicted molar refractivity (Wildman–Crippen MR) is 62.1 cm³/mol. The summed E-state index contributed by atoms with van der Waals surface area (Å²) in [5.74, 6) is 2.57. The second-order valence-electron chi connectivity index (χ2n) is 3.18. The molecule has 1 aromatic rings. The molecule has 2 heterocycles. The third kappa shape index (κ3) is 2.50. The van der Waals surface area contributed by atoms with Crippen LogP contribution in [0, 0.1) is 0 Å². The van der Waals surface area contributed by atoms with E-state index in [1.165, 1.54) is 11.5 Å². The van der Waals surface area contributed by atoms with Crippen molar-refractivity contribution in [3.63, 3.8) is 0 Å². The van der Waals surface area contributed by atoms with Crippen LogP contribution in [0.15, 0.2) is 6.07 Å². The summed E-state index contributed by atoms with van der Waals surface area (Å²) in [6, 6.07) is 1.64. The highest BCUT2D eigenvalue weighted by molar-refractivity contribution is 7.99. The maximum atomic E-state index is 12.0. The summed E-state index contributed by atoms with van der Waals surface area (Å²) in [4.78, 5) is 12.6. The molecular weight excluding hydrogens is 232 g/mol. The average molecular weight is 244 g/mol. The summed E-state index contributed by atoms with van der Waals surface area (Å²) in [5.41, 5.74) is 0. The first kappa shape index (κ1) is 10.9. The summed E-state index contributed by atoms with van der Waals surface area (Å²) in [7, 11) is 1.55. The molecule has 0 radical (unpaired) electrons. The summed E-state index contributed by atoms with van der Waals surface area (Å²) >= 11 is 3.01. The molecule has 1 aliphatic heterocycles. The van der Waals surface area contributed by atoms with Crippen LogP contribution in [0.2, 0.25) is 0 Å². The zero-order valence-corrected chi connectivity index (χ0v) is 9.99. The second-order valence-corrected chi connectivity index (χ2v) is 5.13. The Kier molecular flexibility index (Phi) is 3.61. The van der Waals surface area contributed by atoms with Crippen LogP contribution in [0.25, 0.3) is 0 Å². The number of hydrogen-bond acceptors (Lipinski definition) is 6. The van der Waals surface area contributed by atoms with Crippen LogP contribution in [-0.2, 0) is 0 Å². The molecule has 0 amide bonds. The summed E-state index contributed by atoms with van der Waals surface area (Å²) in [6.45, 7) is 0.900. The monoisotopic (exact) mass is 244 g/mol. The van der Waals surface area contributed by atoms with E-state index in [0.717, 1.165) is 18.1 Å². The van der Waals surface area contributed by atoms with Crippen molar-refractivity contribution in [2.75, 3.05) is 25.2 Å². The van der Waals surface area contributed by atoms with Gasteiger partial charge < -0.3 is 10.1 Å². The van der Waals surface area contributed by atoms with Gasteiger partial charge in [0.15, 0.2) is 5.78 Å². The molecule has 1 aliphatic rings. The highest BCUT2D eigenvalue weighted by atomic mass is 32.2. The number of carbonyl (C=O) groups excluding carboxylic acids is 1. The van der Waals surface area contributed by atoms with E-state index in [0.29, 0.717) is 10.8 Å². The number of ether oxygens (including phenoxy) is 1. The molecule has 0 saturated carbocycles. The van der Waals surface area contributed by atoms with Gasteiger partial charge in [-0.1, -0.05) is 0 Å². The highest BCUT2D eigenvalue weighted by Gasteiger charge is 2.24. The fourth-order valence-electron chi connectivity index (χ4n) is 1.38. The summed E-state index contributed by atoms with van der Waals surface area (Å²) in [6.07, 6.45) is 0. The van der Waals surface area contributed by atoms with Gasteiger partial charge in [-0.2, -0.15) is 16.1 Å². The van der Waals surface area contributed by atoms with Gasteiger partial charge in [-0.3, -0.25) is 4.79 Å². The van der Waals surface area contributed by atoms with Crippen LogP contribution >= 0.6 is 23.3 Å². The molecule has 0 aromatic carbocycles. The van der Waals surface area contributed by atoms with Crippen molar-refractivity contribution < 1.29 is 9.53 Å². The molecule has 0 aliphatic carbocycles. The average Bonchev–Trinajstić information content (AvgIpc) is 2.78. The lowest BCUT2D eigenvalue weighted by Gasteiger charge is -2.20. The topological polar surface area (TPSA) is 51.2 Å². The smallest absolute Gasteiger partial charge is 0.225 e. The van der Waals surface area contributed by atoms with Gasteiger partial charge in [0.25, 0.3) is 0 Å². The van der Waals surface area contributed by atoms with Crippen LogP contribution in [0.1, 0.15) is 9.67 Å². The van der Waals surface area contributed by atoms with E-state index < -0.39 is 0 Å². The third-order valence-corrected chi connectivity index (χ3v) is 4.03. The number of aromatic nitrogens is 1. The Bertz CT molecular complexity index is 348. The maximum Gasteiger partial charge on any atom is 0.225 e. The number of methoxy groups -OCH3 is 1. The first-order chi connectivity index (χ1) is 7.31. The van der Waals surface area contributed by atoms with Gasteiger partial charge in [-0.25, -0.2) is 0 Å². The molecule has 0 bridgehead atoms. The largest absolute Gasteiger partial charge is 0.480 e. The molecule has 1 unspecified atom stereocenters. The van der Waals surface area contributed by atoms with E-state index in [2.05, 4.69) is 9.69 Å². The van der Waals surface area contributed by atoms with E-state index >= 15 is 0 Å². The Balaban J connectivity index is 2.05. The SMILES string of the molecule is COc1cc(C(=O)C2CSCCN2)sn1. The van der Waals surface area contributed by atoms with E-state index in [9.17, 15) is 4.79 Å². The van der Waals surface area contributed by atoms with Crippen LogP contribution in [0.4, 0.5) is 0 Å². The lowest BCUT2D eigenvalue weighted by Crippen LogP contribution is -2.43. The Labute approximate surface area is 96.6 Å². The van der Waals surface area contributed by atoms with Gasteiger partial charge in [0.2, 0.25) is 5.88 Å². The number of carbonyl (C=O) groups is 1. The summed E-state index contributed by atoms with van der Waals surface area (Å²) < 4.78 is 8.97. The van der Waals surface area contributed by atoms with E-state index in [-0.39, 0.29) is 11.8 Å². The zero-order valence-electron chi connectivity index (χ0n) is 8.36. The van der Waals surface area contributed by atoms with Crippen molar-refractivity contribution in [1.29, 1.82) is 0 Å². The van der Waals surface area contributed by atoms with Crippen molar-refractivity contribution in [2.24, 2.45) is 0 Å². The minimum Gasteiger partial charge on any atom is -0.480 e. The Morgan fingerprint density at radius 1 is 1.73 bits per heavy atom. The number of hydrogen-bond donors (Lipinski definition) is 1. The number of nitrogens with zero attached hydrogens (tertiary/aromatic N) is 1. The van der Waals surface area contributed by atoms with E-state index in [1.54, 1.807) is 13.2 Å². The van der Waals surface area contributed by atoms with Gasteiger partial charge in [0, 0.05) is 24.1 Å². The Hall–Kier alpha value is -0.590. The molecule has 15 heavy (non-hydrogen) atoms. The van der Waals surface area contributed by atoms with Crippen LogP contribution in [0.5, 0.6) is 5.88 Å². The molecule has 0 spiro atoms. The van der Waals surface area contributed by atoms with E-state index in [4.69, 9.17) is 4.74 Å². The zero-order chi connectivity index (χ0) is 10.7. The first-order valence-electron chi connectivity index (χ1n) is 4.67. The third-order valence-electron chi connectivity index (χ3n) is 2.18. The fraction of sp³-hybridized carbons (Fsp3) is 0.556. The fourth-order valence-corrected chi connectivity index (χ4v) is 3.01. The number of thioether (sulfide) groups is 1. The molecule has 1 aromatic heterocycles. The van der Waals surface area contributed by atoms with Gasteiger partial charge in [-0.05, 0) is 11.5 Å². The predicted octanol–water partition coefficient (Wildman–Crippen LogP) is 1.04. The molecule has 6 heteroatoms. The van der Waals surface area contributed by atoms with Gasteiger partial charge in [-0.15, -0.1) is 0 Å². The van der Waals surface area contributed by atoms with Gasteiger partial charge in [0.1, 0.15) is 0 Å². The quantitative estimate of drug-likeness (QED) is 0.805. The van der Waals surface area contributed by atoms with Crippen molar-refractivity contribution in [3.05, 3.63) is 10.9 Å². The number of ketones is 1. The van der Waals surface area contributed by atoms with Crippen molar-refractivity contribution in [2.45, 2.75) is 6.04 Å². The van der Waals surface area contributed by atoms with Gasteiger partial charge >= 0.3 is 0 Å². The number of Topliss-reactive ketones (excluding diaryl/α,β-unsaturated/α-hetero) is 1. The molecule has 1 fully saturated rings. The lowest BCUT2D eigenvalue weighted by molar-refractivity contribution is 0.0957. The van der Waals surface area contributed by atoms with E-state index in [1.807, 2.05) is 11.8 Å². The molecule has 4 nitrogen and oxygen atoms in total. The van der Waals surface area contributed by atoms with Crippen LogP contribution in [0.3, 0.4) is 0 Å². The standard InChI is InChI=1S/C9H12N2O2S2/c1-13-8-4-7(15-11-8)9(12)6-5-14-3-2-10-6/h4,6,10H,2-3,5H2,1H3.